The van der Waals surface area contributed by atoms with Crippen LogP contribution in [0.2, 0.25) is 0 Å². The number of nitrogens with one attached hydrogen (secondary N) is 1. The van der Waals surface area contributed by atoms with Crippen molar-refractivity contribution in [2.45, 2.75) is 31.1 Å². The number of aliphatic imine (C=N–C) groups is 2. The van der Waals surface area contributed by atoms with Crippen LogP contribution in [0.1, 0.15) is 24.5 Å². The van der Waals surface area contributed by atoms with Gasteiger partial charge in [0.2, 0.25) is 5.91 Å². The van der Waals surface area contributed by atoms with E-state index in [4.69, 9.17) is 4.99 Å². The molecule has 3 aromatic carbocycles. The molecular formula is C27H23FN4O2S. The zero-order chi connectivity index (χ0) is 24.4. The van der Waals surface area contributed by atoms with Crippen molar-refractivity contribution < 1.29 is 14.0 Å². The minimum absolute atomic E-state index is 0.132. The third kappa shape index (κ3) is 4.61. The van der Waals surface area contributed by atoms with E-state index in [1.165, 1.54) is 23.9 Å². The molecule has 0 radical (unpaired) electrons. The molecule has 5 rings (SSSR count). The Labute approximate surface area is 207 Å². The Morgan fingerprint density at radius 1 is 1.03 bits per heavy atom. The van der Waals surface area contributed by atoms with Gasteiger partial charge in [-0.25, -0.2) is 9.38 Å². The molecule has 0 aliphatic carbocycles. The number of nitrogens with zero attached hydrogens (tertiary/aromatic N) is 3. The summed E-state index contributed by atoms with van der Waals surface area (Å²) in [4.78, 5) is 37.2. The molecule has 2 unspecified atom stereocenters. The Morgan fingerprint density at radius 3 is 2.51 bits per heavy atom. The lowest BCUT2D eigenvalue weighted by atomic mass is 10.0. The molecule has 35 heavy (non-hydrogen) atoms. The highest BCUT2D eigenvalue weighted by atomic mass is 32.2. The molecule has 6 nitrogen and oxygen atoms in total. The fourth-order valence-electron chi connectivity index (χ4n) is 4.15. The first kappa shape index (κ1) is 23.0. The number of rotatable bonds is 6. The standard InChI is InChI=1S/C27H23FN4O2S/c1-2-23(26(34)29-21-15-9-7-13-19(21)28)35-27-30-20-14-8-6-12-18(20)24-31-25(33)22(32(24)27)16-17-10-4-3-5-11-17/h3-15,22-23H,2,16H2,1H3,(H,29,34). The summed E-state index contributed by atoms with van der Waals surface area (Å²) < 4.78 is 14.1. The minimum Gasteiger partial charge on any atom is -0.323 e. The van der Waals surface area contributed by atoms with Crippen molar-refractivity contribution in [2.75, 3.05) is 5.32 Å². The van der Waals surface area contributed by atoms with Gasteiger partial charge < -0.3 is 5.32 Å². The number of carbonyl (C=O) groups excluding carboxylic acids is 2. The highest BCUT2D eigenvalue weighted by Gasteiger charge is 2.42. The maximum atomic E-state index is 14.1. The number of amidine groups is 2. The lowest BCUT2D eigenvalue weighted by Gasteiger charge is -2.32. The average Bonchev–Trinajstić information content (AvgIpc) is 3.20. The second kappa shape index (κ2) is 9.84. The third-order valence-electron chi connectivity index (χ3n) is 5.92. The van der Waals surface area contributed by atoms with Crippen LogP contribution in [0, 0.1) is 5.82 Å². The molecule has 2 atom stereocenters. The molecule has 2 amide bonds. The number of amides is 2. The van der Waals surface area contributed by atoms with Crippen LogP contribution in [0.5, 0.6) is 0 Å². The van der Waals surface area contributed by atoms with Crippen LogP contribution < -0.4 is 5.32 Å². The molecule has 0 fully saturated rings. The molecule has 0 saturated heterocycles. The zero-order valence-corrected chi connectivity index (χ0v) is 19.8. The lowest BCUT2D eigenvalue weighted by Crippen LogP contribution is -2.45. The predicted octanol–water partition coefficient (Wildman–Crippen LogP) is 5.18. The molecule has 0 bridgehead atoms. The molecular weight excluding hydrogens is 463 g/mol. The van der Waals surface area contributed by atoms with Gasteiger partial charge in [-0.3, -0.25) is 14.5 Å². The summed E-state index contributed by atoms with van der Waals surface area (Å²) in [5.74, 6) is -0.508. The average molecular weight is 487 g/mol. The zero-order valence-electron chi connectivity index (χ0n) is 19.0. The smallest absolute Gasteiger partial charge is 0.271 e. The van der Waals surface area contributed by atoms with E-state index in [1.54, 1.807) is 12.1 Å². The summed E-state index contributed by atoms with van der Waals surface area (Å²) in [6.07, 6.45) is 0.954. The van der Waals surface area contributed by atoms with Crippen molar-refractivity contribution in [3.05, 3.63) is 95.8 Å². The van der Waals surface area contributed by atoms with Gasteiger partial charge in [0.15, 0.2) is 5.17 Å². The molecule has 176 valence electrons. The van der Waals surface area contributed by atoms with Gasteiger partial charge in [0.05, 0.1) is 16.6 Å². The topological polar surface area (TPSA) is 74.1 Å². The van der Waals surface area contributed by atoms with Gasteiger partial charge in [-0.15, -0.1) is 0 Å². The predicted molar refractivity (Wildman–Crippen MR) is 138 cm³/mol. The van der Waals surface area contributed by atoms with Crippen molar-refractivity contribution >= 4 is 46.0 Å². The van der Waals surface area contributed by atoms with E-state index < -0.39 is 17.1 Å². The number of thioether (sulfide) groups is 1. The van der Waals surface area contributed by atoms with E-state index in [-0.39, 0.29) is 17.5 Å². The minimum atomic E-state index is -0.556. The molecule has 0 saturated carbocycles. The number of halogens is 1. The van der Waals surface area contributed by atoms with Gasteiger partial charge >= 0.3 is 0 Å². The summed E-state index contributed by atoms with van der Waals surface area (Å²) in [5.41, 5.74) is 2.62. The maximum absolute atomic E-state index is 14.1. The largest absolute Gasteiger partial charge is 0.323 e. The van der Waals surface area contributed by atoms with Crippen LogP contribution >= 0.6 is 11.8 Å². The van der Waals surface area contributed by atoms with Crippen LogP contribution in [0.15, 0.2) is 88.8 Å². The van der Waals surface area contributed by atoms with E-state index >= 15 is 0 Å². The Morgan fingerprint density at radius 2 is 1.74 bits per heavy atom. The van der Waals surface area contributed by atoms with Crippen LogP contribution in [-0.4, -0.2) is 39.0 Å². The first-order valence-electron chi connectivity index (χ1n) is 11.4. The van der Waals surface area contributed by atoms with Gasteiger partial charge in [-0.2, -0.15) is 4.99 Å². The number of carbonyl (C=O) groups is 2. The monoisotopic (exact) mass is 486 g/mol. The Balaban J connectivity index is 1.46. The first-order valence-corrected chi connectivity index (χ1v) is 12.3. The van der Waals surface area contributed by atoms with Crippen LogP contribution in [-0.2, 0) is 16.0 Å². The lowest BCUT2D eigenvalue weighted by molar-refractivity contribution is -0.119. The number of para-hydroxylation sites is 2. The molecule has 3 aromatic rings. The van der Waals surface area contributed by atoms with Crippen molar-refractivity contribution in [3.8, 4) is 0 Å². The van der Waals surface area contributed by atoms with Crippen molar-refractivity contribution in [1.29, 1.82) is 0 Å². The van der Waals surface area contributed by atoms with Crippen molar-refractivity contribution in [2.24, 2.45) is 9.98 Å². The highest BCUT2D eigenvalue weighted by molar-refractivity contribution is 8.15. The summed E-state index contributed by atoms with van der Waals surface area (Å²) >= 11 is 1.26. The molecule has 1 N–H and O–H groups in total. The number of benzene rings is 3. The van der Waals surface area contributed by atoms with Gasteiger partial charge in [-0.1, -0.05) is 73.3 Å². The second-order valence-corrected chi connectivity index (χ2v) is 9.41. The van der Waals surface area contributed by atoms with E-state index in [0.29, 0.717) is 29.5 Å². The summed E-state index contributed by atoms with van der Waals surface area (Å²) in [6, 6.07) is 22.8. The van der Waals surface area contributed by atoms with Gasteiger partial charge in [0.25, 0.3) is 5.91 Å². The van der Waals surface area contributed by atoms with E-state index in [9.17, 15) is 14.0 Å². The van der Waals surface area contributed by atoms with Crippen LogP contribution in [0.3, 0.4) is 0 Å². The fourth-order valence-corrected chi connectivity index (χ4v) is 5.21. The quantitative estimate of drug-likeness (QED) is 0.521. The van der Waals surface area contributed by atoms with E-state index in [0.717, 1.165) is 11.1 Å². The molecule has 2 heterocycles. The van der Waals surface area contributed by atoms with Crippen LogP contribution in [0.4, 0.5) is 15.8 Å². The van der Waals surface area contributed by atoms with Crippen molar-refractivity contribution in [1.82, 2.24) is 4.90 Å². The Kier molecular flexibility index (Phi) is 6.46. The molecule has 2 aliphatic rings. The second-order valence-electron chi connectivity index (χ2n) is 8.24. The van der Waals surface area contributed by atoms with Gasteiger partial charge in [0, 0.05) is 12.0 Å². The normalized spacial score (nSPS) is 17.3. The van der Waals surface area contributed by atoms with Gasteiger partial charge in [0.1, 0.15) is 17.7 Å². The highest BCUT2D eigenvalue weighted by Crippen LogP contribution is 2.36. The molecule has 8 heteroatoms. The third-order valence-corrected chi connectivity index (χ3v) is 7.25. The summed E-state index contributed by atoms with van der Waals surface area (Å²) in [5, 5.41) is 2.67. The van der Waals surface area contributed by atoms with Crippen LogP contribution in [0.25, 0.3) is 0 Å². The SMILES string of the molecule is CCC(SC1=Nc2ccccc2C2=NC(=O)C(Cc3ccccc3)N12)C(=O)Nc1ccccc1F. The number of anilines is 1. The summed E-state index contributed by atoms with van der Waals surface area (Å²) in [6.45, 7) is 1.89. The number of fused-ring (bicyclic) bond motifs is 3. The summed E-state index contributed by atoms with van der Waals surface area (Å²) in [7, 11) is 0. The molecule has 2 aliphatic heterocycles. The first-order chi connectivity index (χ1) is 17.0. The molecule has 0 aromatic heterocycles. The van der Waals surface area contributed by atoms with Gasteiger partial charge in [-0.05, 0) is 36.2 Å². The number of hydrogen-bond donors (Lipinski definition) is 1. The Hall–Kier alpha value is -3.78. The van der Waals surface area contributed by atoms with Crippen molar-refractivity contribution in [3.63, 3.8) is 0 Å². The Bertz CT molecular complexity index is 1340. The fraction of sp³-hybridized carbons (Fsp3) is 0.185. The molecule has 0 spiro atoms. The van der Waals surface area contributed by atoms with E-state index in [2.05, 4.69) is 10.3 Å². The number of hydrogen-bond acceptors (Lipinski definition) is 5. The van der Waals surface area contributed by atoms with E-state index in [1.807, 2.05) is 66.4 Å². The maximum Gasteiger partial charge on any atom is 0.271 e.